The molecule has 0 aliphatic carbocycles. The zero-order chi connectivity index (χ0) is 12.3. The van der Waals surface area contributed by atoms with Gasteiger partial charge in [0, 0.05) is 18.0 Å². The monoisotopic (exact) mass is 227 g/mol. The molecule has 0 saturated carbocycles. The first-order chi connectivity index (χ1) is 8.16. The van der Waals surface area contributed by atoms with E-state index in [0.717, 1.165) is 16.9 Å². The summed E-state index contributed by atoms with van der Waals surface area (Å²) >= 11 is 0. The zero-order valence-corrected chi connectivity index (χ0v) is 10.5. The van der Waals surface area contributed by atoms with Crippen molar-refractivity contribution in [1.82, 2.24) is 4.98 Å². The van der Waals surface area contributed by atoms with Crippen molar-refractivity contribution in [1.29, 1.82) is 0 Å². The Morgan fingerprint density at radius 1 is 1.12 bits per heavy atom. The molecule has 0 spiro atoms. The normalized spacial score (nSPS) is 10.3. The van der Waals surface area contributed by atoms with Crippen LogP contribution in [0.25, 0.3) is 0 Å². The molecule has 1 aromatic heterocycles. The van der Waals surface area contributed by atoms with Gasteiger partial charge in [-0.3, -0.25) is 4.98 Å². The maximum atomic E-state index is 5.82. The topological polar surface area (TPSA) is 22.1 Å². The number of pyridine rings is 1. The summed E-state index contributed by atoms with van der Waals surface area (Å²) in [4.78, 5) is 4.16. The Kier molecular flexibility index (Phi) is 3.43. The van der Waals surface area contributed by atoms with Crippen LogP contribution in [0, 0.1) is 20.8 Å². The first kappa shape index (κ1) is 11.6. The van der Waals surface area contributed by atoms with Crippen LogP contribution in [0.5, 0.6) is 5.75 Å². The van der Waals surface area contributed by atoms with Crippen molar-refractivity contribution < 1.29 is 4.74 Å². The van der Waals surface area contributed by atoms with Crippen LogP contribution in [-0.2, 0) is 6.61 Å². The highest BCUT2D eigenvalue weighted by molar-refractivity contribution is 5.38. The second-order valence-corrected chi connectivity index (χ2v) is 4.36. The number of ether oxygens (including phenoxy) is 1. The number of hydrogen-bond acceptors (Lipinski definition) is 2. The summed E-state index contributed by atoms with van der Waals surface area (Å²) in [5.41, 5.74) is 4.72. The maximum Gasteiger partial charge on any atom is 0.122 e. The fraction of sp³-hybridized carbons (Fsp3) is 0.267. The van der Waals surface area contributed by atoms with Gasteiger partial charge < -0.3 is 4.74 Å². The molecular weight excluding hydrogens is 210 g/mol. The molecule has 17 heavy (non-hydrogen) atoms. The fourth-order valence-electron chi connectivity index (χ4n) is 1.74. The van der Waals surface area contributed by atoms with Crippen molar-refractivity contribution >= 4 is 0 Å². The third kappa shape index (κ3) is 2.84. The average molecular weight is 227 g/mol. The minimum absolute atomic E-state index is 0.568. The predicted octanol–water partition coefficient (Wildman–Crippen LogP) is 3.59. The van der Waals surface area contributed by atoms with Crippen LogP contribution in [-0.4, -0.2) is 4.98 Å². The van der Waals surface area contributed by atoms with E-state index in [4.69, 9.17) is 4.74 Å². The number of benzene rings is 1. The van der Waals surface area contributed by atoms with Crippen LogP contribution in [0.3, 0.4) is 0 Å². The lowest BCUT2D eigenvalue weighted by atomic mass is 10.1. The summed E-state index contributed by atoms with van der Waals surface area (Å²) < 4.78 is 5.82. The summed E-state index contributed by atoms with van der Waals surface area (Å²) in [6.45, 7) is 6.78. The standard InChI is InChI=1S/C15H17NO/c1-11-7-14(9-16-8-11)10-17-15-6-4-5-12(2)13(15)3/h4-9H,10H2,1-3H3. The summed E-state index contributed by atoms with van der Waals surface area (Å²) in [5, 5.41) is 0. The van der Waals surface area contributed by atoms with E-state index in [1.54, 1.807) is 0 Å². The van der Waals surface area contributed by atoms with Gasteiger partial charge in [-0.05, 0) is 49.6 Å². The maximum absolute atomic E-state index is 5.82. The van der Waals surface area contributed by atoms with Crippen molar-refractivity contribution in [3.63, 3.8) is 0 Å². The zero-order valence-electron chi connectivity index (χ0n) is 10.5. The summed E-state index contributed by atoms with van der Waals surface area (Å²) in [7, 11) is 0. The Bertz CT molecular complexity index is 520. The molecule has 1 aromatic carbocycles. The smallest absolute Gasteiger partial charge is 0.122 e. The van der Waals surface area contributed by atoms with E-state index >= 15 is 0 Å². The average Bonchev–Trinajstić information content (AvgIpc) is 2.31. The van der Waals surface area contributed by atoms with Gasteiger partial charge in [0.25, 0.3) is 0 Å². The third-order valence-corrected chi connectivity index (χ3v) is 2.88. The van der Waals surface area contributed by atoms with E-state index in [9.17, 15) is 0 Å². The summed E-state index contributed by atoms with van der Waals surface area (Å²) in [5.74, 6) is 0.950. The second-order valence-electron chi connectivity index (χ2n) is 4.36. The first-order valence-electron chi connectivity index (χ1n) is 5.76. The molecule has 2 rings (SSSR count). The molecule has 0 bridgehead atoms. The van der Waals surface area contributed by atoms with Gasteiger partial charge in [-0.1, -0.05) is 12.1 Å². The van der Waals surface area contributed by atoms with Crippen LogP contribution in [0.4, 0.5) is 0 Å². The van der Waals surface area contributed by atoms with E-state index in [0.29, 0.717) is 6.61 Å². The Morgan fingerprint density at radius 2 is 1.94 bits per heavy atom. The summed E-state index contributed by atoms with van der Waals surface area (Å²) in [6, 6.07) is 8.21. The second kappa shape index (κ2) is 5.00. The van der Waals surface area contributed by atoms with Crippen molar-refractivity contribution in [3.05, 3.63) is 58.9 Å². The molecular formula is C15H17NO. The molecule has 1 heterocycles. The molecule has 0 atom stereocenters. The quantitative estimate of drug-likeness (QED) is 0.799. The molecule has 88 valence electrons. The van der Waals surface area contributed by atoms with Crippen LogP contribution in [0.15, 0.2) is 36.7 Å². The highest BCUT2D eigenvalue weighted by atomic mass is 16.5. The van der Waals surface area contributed by atoms with Crippen molar-refractivity contribution in [2.24, 2.45) is 0 Å². The largest absolute Gasteiger partial charge is 0.489 e. The van der Waals surface area contributed by atoms with Crippen molar-refractivity contribution in [2.75, 3.05) is 0 Å². The van der Waals surface area contributed by atoms with Gasteiger partial charge in [-0.25, -0.2) is 0 Å². The lowest BCUT2D eigenvalue weighted by Crippen LogP contribution is -1.98. The third-order valence-electron chi connectivity index (χ3n) is 2.88. The highest BCUT2D eigenvalue weighted by Crippen LogP contribution is 2.21. The fourth-order valence-corrected chi connectivity index (χ4v) is 1.74. The molecule has 0 aliphatic heterocycles. The van der Waals surface area contributed by atoms with Gasteiger partial charge >= 0.3 is 0 Å². The molecule has 2 nitrogen and oxygen atoms in total. The molecule has 0 aliphatic rings. The van der Waals surface area contributed by atoms with Crippen molar-refractivity contribution in [2.45, 2.75) is 27.4 Å². The number of rotatable bonds is 3. The van der Waals surface area contributed by atoms with Gasteiger partial charge in [0.05, 0.1) is 0 Å². The number of aryl methyl sites for hydroxylation is 2. The summed E-state index contributed by atoms with van der Waals surface area (Å²) in [6.07, 6.45) is 3.69. The molecule has 0 saturated heterocycles. The molecule has 0 amide bonds. The lowest BCUT2D eigenvalue weighted by Gasteiger charge is -2.10. The Hall–Kier alpha value is -1.83. The van der Waals surface area contributed by atoms with E-state index in [1.807, 2.05) is 31.5 Å². The van der Waals surface area contributed by atoms with Crippen LogP contribution in [0.2, 0.25) is 0 Å². The molecule has 0 unspecified atom stereocenters. The number of hydrogen-bond donors (Lipinski definition) is 0. The molecule has 2 aromatic rings. The highest BCUT2D eigenvalue weighted by Gasteiger charge is 2.02. The van der Waals surface area contributed by atoms with E-state index in [1.165, 1.54) is 11.1 Å². The SMILES string of the molecule is Cc1cncc(COc2cccc(C)c2C)c1. The van der Waals surface area contributed by atoms with E-state index in [2.05, 4.69) is 31.0 Å². The predicted molar refractivity (Wildman–Crippen MR) is 69.2 cm³/mol. The molecule has 0 radical (unpaired) electrons. The molecule has 0 N–H and O–H groups in total. The van der Waals surface area contributed by atoms with Crippen LogP contribution < -0.4 is 4.74 Å². The van der Waals surface area contributed by atoms with Crippen molar-refractivity contribution in [3.8, 4) is 5.75 Å². The number of nitrogens with zero attached hydrogens (tertiary/aromatic N) is 1. The van der Waals surface area contributed by atoms with Gasteiger partial charge in [0.1, 0.15) is 12.4 Å². The Labute approximate surface area is 102 Å². The Balaban J connectivity index is 2.10. The van der Waals surface area contributed by atoms with Gasteiger partial charge in [0.15, 0.2) is 0 Å². The minimum atomic E-state index is 0.568. The lowest BCUT2D eigenvalue weighted by molar-refractivity contribution is 0.303. The van der Waals surface area contributed by atoms with E-state index in [-0.39, 0.29) is 0 Å². The van der Waals surface area contributed by atoms with E-state index < -0.39 is 0 Å². The van der Waals surface area contributed by atoms with Gasteiger partial charge in [-0.15, -0.1) is 0 Å². The number of aromatic nitrogens is 1. The van der Waals surface area contributed by atoms with Gasteiger partial charge in [0.2, 0.25) is 0 Å². The van der Waals surface area contributed by atoms with Crippen LogP contribution in [0.1, 0.15) is 22.3 Å². The van der Waals surface area contributed by atoms with Gasteiger partial charge in [-0.2, -0.15) is 0 Å². The van der Waals surface area contributed by atoms with Crippen LogP contribution >= 0.6 is 0 Å². The minimum Gasteiger partial charge on any atom is -0.489 e. The Morgan fingerprint density at radius 3 is 2.71 bits per heavy atom. The molecule has 2 heteroatoms. The molecule has 0 fully saturated rings. The first-order valence-corrected chi connectivity index (χ1v) is 5.76.